The third-order valence-corrected chi connectivity index (χ3v) is 8.73. The lowest BCUT2D eigenvalue weighted by molar-refractivity contribution is 0.0784. The van der Waals surface area contributed by atoms with Crippen LogP contribution in [0.2, 0.25) is 0 Å². The Morgan fingerprint density at radius 2 is 1.71 bits per heavy atom. The third kappa shape index (κ3) is 5.57. The topological polar surface area (TPSA) is 74.7 Å². The van der Waals surface area contributed by atoms with E-state index in [0.29, 0.717) is 40.3 Å². The maximum atomic E-state index is 13.5. The fraction of sp³-hybridized carbons (Fsp3) is 0.242. The molecule has 2 bridgehead atoms. The summed E-state index contributed by atoms with van der Waals surface area (Å²) in [5, 5.41) is 3.11. The molecule has 1 fully saturated rings. The van der Waals surface area contributed by atoms with Crippen molar-refractivity contribution in [2.24, 2.45) is 5.92 Å². The molecule has 0 radical (unpaired) electrons. The van der Waals surface area contributed by atoms with Gasteiger partial charge in [-0.25, -0.2) is 0 Å². The number of piperidine rings is 1. The molecule has 6 rings (SSSR count). The van der Waals surface area contributed by atoms with Gasteiger partial charge >= 0.3 is 0 Å². The molecule has 41 heavy (non-hydrogen) atoms. The van der Waals surface area contributed by atoms with Crippen LogP contribution in [0.1, 0.15) is 44.3 Å². The minimum absolute atomic E-state index is 0.0505. The van der Waals surface area contributed by atoms with E-state index in [2.05, 4.69) is 26.1 Å². The molecular formula is C33H31BrN4O3. The van der Waals surface area contributed by atoms with Gasteiger partial charge in [0.25, 0.3) is 17.4 Å². The number of carbonyl (C=O) groups excluding carboxylic acids is 2. The first-order chi connectivity index (χ1) is 19.9. The molecule has 1 saturated heterocycles. The van der Waals surface area contributed by atoms with Crippen LogP contribution in [0.4, 0.5) is 11.4 Å². The summed E-state index contributed by atoms with van der Waals surface area (Å²) in [6.45, 7) is 2.64. The Balaban J connectivity index is 1.33. The number of nitrogens with one attached hydrogen (secondary N) is 1. The molecule has 3 heterocycles. The number of fused-ring (bicyclic) bond motifs is 4. The minimum atomic E-state index is -0.255. The van der Waals surface area contributed by atoms with Crippen molar-refractivity contribution in [3.8, 4) is 0 Å². The summed E-state index contributed by atoms with van der Waals surface area (Å²) in [6, 6.07) is 28.2. The molecule has 2 atom stereocenters. The lowest BCUT2D eigenvalue weighted by atomic mass is 9.83. The average Bonchev–Trinajstić information content (AvgIpc) is 2.98. The van der Waals surface area contributed by atoms with Gasteiger partial charge in [0, 0.05) is 60.9 Å². The zero-order valence-corrected chi connectivity index (χ0v) is 24.4. The second kappa shape index (κ2) is 11.4. The van der Waals surface area contributed by atoms with Crippen molar-refractivity contribution in [2.45, 2.75) is 25.4 Å². The number of anilines is 2. The van der Waals surface area contributed by atoms with Crippen molar-refractivity contribution < 1.29 is 9.59 Å². The molecule has 2 amide bonds. The lowest BCUT2D eigenvalue weighted by Gasteiger charge is -2.44. The van der Waals surface area contributed by atoms with Gasteiger partial charge in [-0.1, -0.05) is 48.5 Å². The number of hydrogen-bond donors (Lipinski definition) is 1. The van der Waals surface area contributed by atoms with Gasteiger partial charge < -0.3 is 19.7 Å². The number of carbonyl (C=O) groups is 2. The highest BCUT2D eigenvalue weighted by Crippen LogP contribution is 2.39. The van der Waals surface area contributed by atoms with E-state index in [4.69, 9.17) is 0 Å². The standard InChI is InChI=1S/C33H31BrN4O3/c1-36(18-22-8-3-2-4-9-22)33(41)24-14-15-30(28(17-24)35-32(40)26-10-5-6-11-27(26)34)37-19-23-16-25(21-37)29-12-7-13-31(39)38(29)20-23/h2-15,17,23,25H,16,18-21H2,1H3,(H,35,40). The van der Waals surface area contributed by atoms with Crippen molar-refractivity contribution in [1.82, 2.24) is 9.47 Å². The second-order valence-corrected chi connectivity index (χ2v) is 11.8. The van der Waals surface area contributed by atoms with Gasteiger partial charge in [-0.3, -0.25) is 14.4 Å². The van der Waals surface area contributed by atoms with Crippen molar-refractivity contribution in [3.63, 3.8) is 0 Å². The Bertz CT molecular complexity index is 1670. The number of aromatic nitrogens is 1. The summed E-state index contributed by atoms with van der Waals surface area (Å²) in [7, 11) is 1.79. The largest absolute Gasteiger partial charge is 0.369 e. The number of halogens is 1. The quantitative estimate of drug-likeness (QED) is 0.301. The van der Waals surface area contributed by atoms with Crippen LogP contribution in [-0.2, 0) is 13.1 Å². The van der Waals surface area contributed by atoms with E-state index in [1.54, 1.807) is 30.1 Å². The maximum Gasteiger partial charge on any atom is 0.256 e. The van der Waals surface area contributed by atoms with E-state index >= 15 is 0 Å². The normalized spacial score (nSPS) is 17.5. The molecule has 1 aromatic heterocycles. The molecule has 2 aliphatic rings. The minimum Gasteiger partial charge on any atom is -0.369 e. The number of hydrogen-bond acceptors (Lipinski definition) is 4. The number of benzene rings is 3. The highest BCUT2D eigenvalue weighted by molar-refractivity contribution is 9.10. The van der Waals surface area contributed by atoms with Crippen LogP contribution >= 0.6 is 15.9 Å². The zero-order valence-electron chi connectivity index (χ0n) is 22.8. The van der Waals surface area contributed by atoms with Crippen LogP contribution in [0.5, 0.6) is 0 Å². The smallest absolute Gasteiger partial charge is 0.256 e. The van der Waals surface area contributed by atoms with Crippen molar-refractivity contribution >= 4 is 39.1 Å². The Morgan fingerprint density at radius 3 is 2.51 bits per heavy atom. The highest BCUT2D eigenvalue weighted by Gasteiger charge is 2.35. The molecule has 0 spiro atoms. The Hall–Kier alpha value is -4.17. The molecule has 8 heteroatoms. The Morgan fingerprint density at radius 1 is 0.927 bits per heavy atom. The van der Waals surface area contributed by atoms with Crippen molar-refractivity contribution in [2.75, 3.05) is 30.4 Å². The molecule has 0 aliphatic carbocycles. The summed E-state index contributed by atoms with van der Waals surface area (Å²) in [5.74, 6) is 0.142. The van der Waals surface area contributed by atoms with E-state index in [0.717, 1.165) is 36.5 Å². The predicted molar refractivity (Wildman–Crippen MR) is 165 cm³/mol. The third-order valence-electron chi connectivity index (χ3n) is 8.04. The van der Waals surface area contributed by atoms with E-state index in [1.165, 1.54) is 0 Å². The van der Waals surface area contributed by atoms with E-state index in [9.17, 15) is 14.4 Å². The van der Waals surface area contributed by atoms with Crippen LogP contribution in [0.15, 0.2) is 100 Å². The Kier molecular flexibility index (Phi) is 7.49. The van der Waals surface area contributed by atoms with Crippen molar-refractivity contribution in [1.29, 1.82) is 0 Å². The first-order valence-corrected chi connectivity index (χ1v) is 14.6. The van der Waals surface area contributed by atoms with E-state index in [1.807, 2.05) is 77.4 Å². The molecule has 208 valence electrons. The molecule has 1 N–H and O–H groups in total. The molecule has 2 aliphatic heterocycles. The summed E-state index contributed by atoms with van der Waals surface area (Å²) in [5.41, 5.74) is 4.64. The van der Waals surface area contributed by atoms with Crippen molar-refractivity contribution in [3.05, 3.63) is 128 Å². The van der Waals surface area contributed by atoms with E-state index < -0.39 is 0 Å². The summed E-state index contributed by atoms with van der Waals surface area (Å²) in [6.07, 6.45) is 1.03. The number of amides is 2. The van der Waals surface area contributed by atoms with Gasteiger partial charge in [0.05, 0.1) is 16.9 Å². The first kappa shape index (κ1) is 27.0. The monoisotopic (exact) mass is 610 g/mol. The molecule has 4 aromatic rings. The van der Waals surface area contributed by atoms with Crippen LogP contribution in [0.3, 0.4) is 0 Å². The first-order valence-electron chi connectivity index (χ1n) is 13.8. The molecule has 0 saturated carbocycles. The van der Waals surface area contributed by atoms with Gasteiger partial charge in [-0.2, -0.15) is 0 Å². The van der Waals surface area contributed by atoms with Crippen LogP contribution in [0.25, 0.3) is 0 Å². The fourth-order valence-electron chi connectivity index (χ4n) is 6.12. The zero-order chi connectivity index (χ0) is 28.5. The number of nitrogens with zero attached hydrogens (tertiary/aromatic N) is 3. The fourth-order valence-corrected chi connectivity index (χ4v) is 6.59. The van der Waals surface area contributed by atoms with Crippen LogP contribution in [-0.4, -0.2) is 41.4 Å². The second-order valence-electron chi connectivity index (χ2n) is 10.9. The maximum absolute atomic E-state index is 13.5. The molecule has 2 unspecified atom stereocenters. The predicted octanol–water partition coefficient (Wildman–Crippen LogP) is 5.76. The van der Waals surface area contributed by atoms with Gasteiger partial charge in [-0.05, 0) is 70.2 Å². The highest BCUT2D eigenvalue weighted by atomic mass is 79.9. The number of pyridine rings is 1. The van der Waals surface area contributed by atoms with Crippen LogP contribution in [0, 0.1) is 5.92 Å². The average molecular weight is 612 g/mol. The van der Waals surface area contributed by atoms with Crippen LogP contribution < -0.4 is 15.8 Å². The van der Waals surface area contributed by atoms with Gasteiger partial charge in [-0.15, -0.1) is 0 Å². The van der Waals surface area contributed by atoms with Gasteiger partial charge in [0.1, 0.15) is 0 Å². The molecule has 3 aromatic carbocycles. The SMILES string of the molecule is CN(Cc1ccccc1)C(=O)c1ccc(N2CC3CC(C2)c2cccc(=O)n2C3)c(NC(=O)c2ccccc2Br)c1. The number of rotatable bonds is 6. The summed E-state index contributed by atoms with van der Waals surface area (Å²) in [4.78, 5) is 43.4. The Labute approximate surface area is 247 Å². The van der Waals surface area contributed by atoms with E-state index in [-0.39, 0.29) is 23.3 Å². The summed E-state index contributed by atoms with van der Waals surface area (Å²) < 4.78 is 2.61. The lowest BCUT2D eigenvalue weighted by Crippen LogP contribution is -2.47. The summed E-state index contributed by atoms with van der Waals surface area (Å²) >= 11 is 3.49. The van der Waals surface area contributed by atoms with Gasteiger partial charge in [0.2, 0.25) is 0 Å². The molecular weight excluding hydrogens is 580 g/mol. The van der Waals surface area contributed by atoms with Gasteiger partial charge in [0.15, 0.2) is 0 Å². The molecule has 7 nitrogen and oxygen atoms in total.